The Bertz CT molecular complexity index is 338. The third-order valence-corrected chi connectivity index (χ3v) is 3.69. The fourth-order valence-electron chi connectivity index (χ4n) is 1.35. The molecular formula is C11H14BrNO. The summed E-state index contributed by atoms with van der Waals surface area (Å²) in [6.07, 6.45) is 3.63. The number of hydrogen-bond acceptors (Lipinski definition) is 2. The average Bonchev–Trinajstić information content (AvgIpc) is 2.15. The second-order valence-electron chi connectivity index (χ2n) is 3.60. The SMILES string of the molecule is CC(=O)C(Br)C(C)c1cncc(C)c1. The number of carbonyl (C=O) groups is 1. The molecule has 0 spiro atoms. The molecular weight excluding hydrogens is 242 g/mol. The van der Waals surface area contributed by atoms with E-state index < -0.39 is 0 Å². The summed E-state index contributed by atoms with van der Waals surface area (Å²) in [5.74, 6) is 0.318. The van der Waals surface area contributed by atoms with Crippen molar-refractivity contribution >= 4 is 21.7 Å². The van der Waals surface area contributed by atoms with Gasteiger partial charge in [-0.15, -0.1) is 0 Å². The van der Waals surface area contributed by atoms with E-state index in [2.05, 4.69) is 27.0 Å². The van der Waals surface area contributed by atoms with E-state index in [1.165, 1.54) is 0 Å². The number of alkyl halides is 1. The van der Waals surface area contributed by atoms with Gasteiger partial charge in [0.1, 0.15) is 5.78 Å². The zero-order chi connectivity index (χ0) is 10.7. The van der Waals surface area contributed by atoms with E-state index in [-0.39, 0.29) is 16.5 Å². The zero-order valence-electron chi connectivity index (χ0n) is 8.62. The highest BCUT2D eigenvalue weighted by atomic mass is 79.9. The number of nitrogens with zero attached hydrogens (tertiary/aromatic N) is 1. The molecule has 0 radical (unpaired) electrons. The number of Topliss-reactive ketones (excluding diaryl/α,β-unsaturated/α-hetero) is 1. The number of aromatic nitrogens is 1. The van der Waals surface area contributed by atoms with Crippen molar-refractivity contribution in [2.75, 3.05) is 0 Å². The van der Waals surface area contributed by atoms with Gasteiger partial charge in [-0.3, -0.25) is 9.78 Å². The highest BCUT2D eigenvalue weighted by Gasteiger charge is 2.20. The lowest BCUT2D eigenvalue weighted by Gasteiger charge is -2.15. The Kier molecular flexibility index (Phi) is 3.81. The lowest BCUT2D eigenvalue weighted by atomic mass is 9.97. The van der Waals surface area contributed by atoms with E-state index >= 15 is 0 Å². The summed E-state index contributed by atoms with van der Waals surface area (Å²) in [5, 5.41) is 0. The molecule has 2 nitrogen and oxygen atoms in total. The molecule has 0 aromatic carbocycles. The maximum atomic E-state index is 11.2. The summed E-state index contributed by atoms with van der Waals surface area (Å²) >= 11 is 3.39. The number of halogens is 1. The Morgan fingerprint density at radius 2 is 2.14 bits per heavy atom. The van der Waals surface area contributed by atoms with Gasteiger partial charge in [0.05, 0.1) is 4.83 Å². The van der Waals surface area contributed by atoms with E-state index in [4.69, 9.17) is 0 Å². The van der Waals surface area contributed by atoms with Crippen LogP contribution in [0.3, 0.4) is 0 Å². The van der Waals surface area contributed by atoms with Crippen LogP contribution in [0.15, 0.2) is 18.5 Å². The molecule has 1 aromatic rings. The minimum absolute atomic E-state index is 0.119. The molecule has 1 heterocycles. The van der Waals surface area contributed by atoms with Crippen LogP contribution in [0, 0.1) is 6.92 Å². The van der Waals surface area contributed by atoms with Gasteiger partial charge in [-0.1, -0.05) is 28.9 Å². The molecule has 14 heavy (non-hydrogen) atoms. The Hall–Kier alpha value is -0.700. The molecule has 1 rings (SSSR count). The van der Waals surface area contributed by atoms with Crippen molar-refractivity contribution < 1.29 is 4.79 Å². The van der Waals surface area contributed by atoms with E-state index in [9.17, 15) is 4.79 Å². The summed E-state index contributed by atoms with van der Waals surface area (Å²) in [4.78, 5) is 15.2. The number of hydrogen-bond donors (Lipinski definition) is 0. The van der Waals surface area contributed by atoms with Gasteiger partial charge in [0.15, 0.2) is 0 Å². The summed E-state index contributed by atoms with van der Waals surface area (Å²) in [5.41, 5.74) is 2.22. The van der Waals surface area contributed by atoms with Crippen molar-refractivity contribution in [2.24, 2.45) is 0 Å². The van der Waals surface area contributed by atoms with Crippen LogP contribution in [0.1, 0.15) is 30.9 Å². The predicted octanol–water partition coefficient (Wildman–Crippen LogP) is 2.85. The molecule has 0 saturated heterocycles. The number of ketones is 1. The van der Waals surface area contributed by atoms with Gasteiger partial charge in [0, 0.05) is 18.3 Å². The lowest BCUT2D eigenvalue weighted by Crippen LogP contribution is -2.17. The Morgan fingerprint density at radius 3 is 2.64 bits per heavy atom. The minimum atomic E-state index is -0.119. The first-order valence-electron chi connectivity index (χ1n) is 4.58. The molecule has 0 aliphatic heterocycles. The normalized spacial score (nSPS) is 14.9. The number of pyridine rings is 1. The zero-order valence-corrected chi connectivity index (χ0v) is 10.2. The van der Waals surface area contributed by atoms with Gasteiger partial charge >= 0.3 is 0 Å². The van der Waals surface area contributed by atoms with Crippen LogP contribution in [0.25, 0.3) is 0 Å². The fourth-order valence-corrected chi connectivity index (χ4v) is 1.65. The molecule has 2 atom stereocenters. The lowest BCUT2D eigenvalue weighted by molar-refractivity contribution is -0.116. The quantitative estimate of drug-likeness (QED) is 0.778. The second kappa shape index (κ2) is 4.69. The first-order chi connectivity index (χ1) is 6.52. The highest BCUT2D eigenvalue weighted by molar-refractivity contribution is 9.10. The van der Waals surface area contributed by atoms with Crippen LogP contribution in [0.5, 0.6) is 0 Å². The van der Waals surface area contributed by atoms with Crippen LogP contribution in [0.4, 0.5) is 0 Å². The van der Waals surface area contributed by atoms with Crippen molar-refractivity contribution in [2.45, 2.75) is 31.5 Å². The van der Waals surface area contributed by atoms with E-state index in [1.54, 1.807) is 6.92 Å². The third-order valence-electron chi connectivity index (χ3n) is 2.25. The number of aryl methyl sites for hydroxylation is 1. The molecule has 2 unspecified atom stereocenters. The fraction of sp³-hybridized carbons (Fsp3) is 0.455. The van der Waals surface area contributed by atoms with E-state index in [0.717, 1.165) is 11.1 Å². The van der Waals surface area contributed by atoms with Crippen molar-refractivity contribution in [3.63, 3.8) is 0 Å². The highest BCUT2D eigenvalue weighted by Crippen LogP contribution is 2.25. The molecule has 1 aromatic heterocycles. The monoisotopic (exact) mass is 255 g/mol. The predicted molar refractivity (Wildman–Crippen MR) is 60.8 cm³/mol. The molecule has 3 heteroatoms. The first-order valence-corrected chi connectivity index (χ1v) is 5.50. The van der Waals surface area contributed by atoms with Crippen molar-refractivity contribution in [3.8, 4) is 0 Å². The Morgan fingerprint density at radius 1 is 1.50 bits per heavy atom. The molecule has 0 saturated carbocycles. The largest absolute Gasteiger partial charge is 0.299 e. The van der Waals surface area contributed by atoms with Crippen molar-refractivity contribution in [3.05, 3.63) is 29.6 Å². The van der Waals surface area contributed by atoms with Gasteiger partial charge in [-0.2, -0.15) is 0 Å². The van der Waals surface area contributed by atoms with Crippen molar-refractivity contribution in [1.82, 2.24) is 4.98 Å². The molecule has 0 fully saturated rings. The molecule has 76 valence electrons. The summed E-state index contributed by atoms with van der Waals surface area (Å²) in [6.45, 7) is 5.62. The maximum Gasteiger partial charge on any atom is 0.144 e. The van der Waals surface area contributed by atoms with E-state index in [0.29, 0.717) is 0 Å². The second-order valence-corrected chi connectivity index (χ2v) is 4.58. The van der Waals surface area contributed by atoms with Crippen LogP contribution < -0.4 is 0 Å². The van der Waals surface area contributed by atoms with Crippen LogP contribution >= 0.6 is 15.9 Å². The smallest absolute Gasteiger partial charge is 0.144 e. The van der Waals surface area contributed by atoms with Gasteiger partial charge in [0.2, 0.25) is 0 Å². The van der Waals surface area contributed by atoms with Gasteiger partial charge in [-0.05, 0) is 25.0 Å². The molecule has 0 bridgehead atoms. The van der Waals surface area contributed by atoms with Crippen LogP contribution in [0.2, 0.25) is 0 Å². The van der Waals surface area contributed by atoms with Gasteiger partial charge < -0.3 is 0 Å². The summed E-state index contributed by atoms with van der Waals surface area (Å²) in [6, 6.07) is 2.06. The standard InChI is InChI=1S/C11H14BrNO/c1-7-4-10(6-13-5-7)8(2)11(12)9(3)14/h4-6,8,11H,1-3H3. The number of carbonyl (C=O) groups excluding carboxylic acids is 1. The van der Waals surface area contributed by atoms with Crippen LogP contribution in [-0.2, 0) is 4.79 Å². The molecule has 0 aliphatic carbocycles. The van der Waals surface area contributed by atoms with Crippen molar-refractivity contribution in [1.29, 1.82) is 0 Å². The Labute approximate surface area is 92.9 Å². The molecule has 0 amide bonds. The minimum Gasteiger partial charge on any atom is -0.299 e. The van der Waals surface area contributed by atoms with Gasteiger partial charge in [0.25, 0.3) is 0 Å². The van der Waals surface area contributed by atoms with E-state index in [1.807, 2.05) is 26.2 Å². The van der Waals surface area contributed by atoms with Gasteiger partial charge in [-0.25, -0.2) is 0 Å². The van der Waals surface area contributed by atoms with Crippen LogP contribution in [-0.4, -0.2) is 15.6 Å². The molecule has 0 aliphatic rings. The third kappa shape index (κ3) is 2.64. The first kappa shape index (κ1) is 11.4. The Balaban J connectivity index is 2.89. The molecule has 0 N–H and O–H groups in total. The maximum absolute atomic E-state index is 11.2. The summed E-state index contributed by atoms with van der Waals surface area (Å²) in [7, 11) is 0. The summed E-state index contributed by atoms with van der Waals surface area (Å²) < 4.78 is 0. The average molecular weight is 256 g/mol. The number of rotatable bonds is 3. The topological polar surface area (TPSA) is 30.0 Å².